The predicted octanol–water partition coefficient (Wildman–Crippen LogP) is 4.91. The lowest BCUT2D eigenvalue weighted by Crippen LogP contribution is -2.15. The number of carbonyl (C=O) groups excluding carboxylic acids is 1. The van der Waals surface area contributed by atoms with Gasteiger partial charge in [-0.15, -0.1) is 0 Å². The molecule has 5 nitrogen and oxygen atoms in total. The summed E-state index contributed by atoms with van der Waals surface area (Å²) in [6.07, 6.45) is 1.74. The summed E-state index contributed by atoms with van der Waals surface area (Å²) in [4.78, 5) is 12.4. The third-order valence-corrected chi connectivity index (χ3v) is 4.42. The molecule has 27 heavy (non-hydrogen) atoms. The molecule has 0 aliphatic carbocycles. The first kappa shape index (κ1) is 18.7. The predicted molar refractivity (Wildman–Crippen MR) is 107 cm³/mol. The van der Waals surface area contributed by atoms with Crippen LogP contribution in [0.15, 0.2) is 54.7 Å². The van der Waals surface area contributed by atoms with E-state index < -0.39 is 0 Å². The van der Waals surface area contributed by atoms with E-state index in [4.69, 9.17) is 4.74 Å². The molecule has 0 unspecified atom stereocenters. The van der Waals surface area contributed by atoms with E-state index in [2.05, 4.69) is 36.4 Å². The van der Waals surface area contributed by atoms with Crippen LogP contribution in [0.1, 0.15) is 46.9 Å². The Morgan fingerprint density at radius 1 is 1.11 bits per heavy atom. The van der Waals surface area contributed by atoms with E-state index in [-0.39, 0.29) is 12.6 Å². The van der Waals surface area contributed by atoms with Crippen molar-refractivity contribution in [1.29, 1.82) is 0 Å². The summed E-state index contributed by atoms with van der Waals surface area (Å²) in [5, 5.41) is 7.21. The van der Waals surface area contributed by atoms with Crippen LogP contribution in [0.2, 0.25) is 0 Å². The van der Waals surface area contributed by atoms with E-state index >= 15 is 0 Å². The number of benzene rings is 2. The zero-order valence-electron chi connectivity index (χ0n) is 16.2. The fourth-order valence-corrected chi connectivity index (χ4v) is 2.70. The molecular formula is C22H25N3O2. The number of anilines is 1. The van der Waals surface area contributed by atoms with Gasteiger partial charge in [-0.25, -0.2) is 4.68 Å². The second-order valence-corrected chi connectivity index (χ2v) is 7.01. The highest BCUT2D eigenvalue weighted by Gasteiger charge is 2.11. The second-order valence-electron chi connectivity index (χ2n) is 7.01. The standard InChI is InChI=1S/C22H25N3O2/c1-15(2)18-7-9-19(10-8-18)27-14-25-12-11-20(24-25)22(26)23-21-13-16(3)5-6-17(21)4/h5-13,15H,14H2,1-4H3,(H,23,26). The fourth-order valence-electron chi connectivity index (χ4n) is 2.70. The van der Waals surface area contributed by atoms with E-state index in [0.717, 1.165) is 22.6 Å². The molecular weight excluding hydrogens is 338 g/mol. The van der Waals surface area contributed by atoms with Gasteiger partial charge in [0.25, 0.3) is 5.91 Å². The average molecular weight is 363 g/mol. The number of hydrogen-bond donors (Lipinski definition) is 1. The van der Waals surface area contributed by atoms with E-state index in [1.54, 1.807) is 16.9 Å². The Morgan fingerprint density at radius 2 is 1.85 bits per heavy atom. The van der Waals surface area contributed by atoms with E-state index in [1.807, 2.05) is 44.2 Å². The molecule has 0 saturated carbocycles. The van der Waals surface area contributed by atoms with Crippen molar-refractivity contribution < 1.29 is 9.53 Å². The molecule has 0 saturated heterocycles. The van der Waals surface area contributed by atoms with Crippen molar-refractivity contribution in [1.82, 2.24) is 9.78 Å². The van der Waals surface area contributed by atoms with Gasteiger partial charge in [0.1, 0.15) is 5.75 Å². The highest BCUT2D eigenvalue weighted by molar-refractivity contribution is 6.03. The Labute approximate surface area is 160 Å². The Morgan fingerprint density at radius 3 is 2.56 bits per heavy atom. The Hall–Kier alpha value is -3.08. The van der Waals surface area contributed by atoms with E-state index in [1.165, 1.54) is 5.56 Å². The molecule has 1 N–H and O–H groups in total. The zero-order valence-corrected chi connectivity index (χ0v) is 16.2. The van der Waals surface area contributed by atoms with Gasteiger partial charge >= 0.3 is 0 Å². The van der Waals surface area contributed by atoms with Gasteiger partial charge in [0.2, 0.25) is 0 Å². The van der Waals surface area contributed by atoms with Crippen molar-refractivity contribution in [2.45, 2.75) is 40.3 Å². The lowest BCUT2D eigenvalue weighted by Gasteiger charge is -2.09. The Balaban J connectivity index is 1.60. The summed E-state index contributed by atoms with van der Waals surface area (Å²) >= 11 is 0. The number of aromatic nitrogens is 2. The molecule has 0 radical (unpaired) electrons. The summed E-state index contributed by atoms with van der Waals surface area (Å²) in [6.45, 7) is 8.52. The second kappa shape index (κ2) is 8.08. The number of aryl methyl sites for hydroxylation is 2. The summed E-state index contributed by atoms with van der Waals surface area (Å²) in [5.74, 6) is 1.03. The molecule has 1 amide bonds. The lowest BCUT2D eigenvalue weighted by molar-refractivity contribution is 0.102. The molecule has 3 aromatic rings. The average Bonchev–Trinajstić information content (AvgIpc) is 3.12. The van der Waals surface area contributed by atoms with Gasteiger partial charge in [-0.2, -0.15) is 5.10 Å². The molecule has 0 bridgehead atoms. The number of carbonyl (C=O) groups is 1. The Kier molecular flexibility index (Phi) is 5.60. The normalized spacial score (nSPS) is 10.9. The van der Waals surface area contributed by atoms with Crippen LogP contribution in [0.4, 0.5) is 5.69 Å². The third-order valence-electron chi connectivity index (χ3n) is 4.42. The van der Waals surface area contributed by atoms with Crippen molar-refractivity contribution >= 4 is 11.6 Å². The molecule has 0 spiro atoms. The number of rotatable bonds is 6. The molecule has 1 aromatic heterocycles. The number of nitrogens with one attached hydrogen (secondary N) is 1. The number of ether oxygens (including phenoxy) is 1. The van der Waals surface area contributed by atoms with Gasteiger partial charge in [-0.1, -0.05) is 38.1 Å². The summed E-state index contributed by atoms with van der Waals surface area (Å²) < 4.78 is 7.35. The highest BCUT2D eigenvalue weighted by Crippen LogP contribution is 2.19. The first-order valence-corrected chi connectivity index (χ1v) is 9.07. The maximum atomic E-state index is 12.4. The zero-order chi connectivity index (χ0) is 19.4. The van der Waals surface area contributed by atoms with Crippen LogP contribution in [0.5, 0.6) is 5.75 Å². The van der Waals surface area contributed by atoms with E-state index in [9.17, 15) is 4.79 Å². The lowest BCUT2D eigenvalue weighted by atomic mass is 10.0. The number of nitrogens with zero attached hydrogens (tertiary/aromatic N) is 2. The molecule has 1 heterocycles. The monoisotopic (exact) mass is 363 g/mol. The van der Waals surface area contributed by atoms with Gasteiger partial charge in [0.15, 0.2) is 12.4 Å². The summed E-state index contributed by atoms with van der Waals surface area (Å²) in [7, 11) is 0. The maximum absolute atomic E-state index is 12.4. The largest absolute Gasteiger partial charge is 0.471 e. The molecule has 0 atom stereocenters. The van der Waals surface area contributed by atoms with Crippen LogP contribution in [0, 0.1) is 13.8 Å². The van der Waals surface area contributed by atoms with Gasteiger partial charge in [0.05, 0.1) is 0 Å². The van der Waals surface area contributed by atoms with Gasteiger partial charge in [-0.3, -0.25) is 4.79 Å². The van der Waals surface area contributed by atoms with Gasteiger partial charge in [0, 0.05) is 11.9 Å². The van der Waals surface area contributed by atoms with E-state index in [0.29, 0.717) is 11.6 Å². The molecule has 5 heteroatoms. The minimum absolute atomic E-state index is 0.233. The van der Waals surface area contributed by atoms with Crippen molar-refractivity contribution in [3.8, 4) is 5.75 Å². The topological polar surface area (TPSA) is 56.2 Å². The first-order chi connectivity index (χ1) is 12.9. The van der Waals surface area contributed by atoms with Crippen LogP contribution in [0.3, 0.4) is 0 Å². The fraction of sp³-hybridized carbons (Fsp3) is 0.273. The molecule has 0 aliphatic heterocycles. The smallest absolute Gasteiger partial charge is 0.276 e. The maximum Gasteiger partial charge on any atom is 0.276 e. The minimum Gasteiger partial charge on any atom is -0.471 e. The molecule has 140 valence electrons. The van der Waals surface area contributed by atoms with Crippen molar-refractivity contribution in [3.63, 3.8) is 0 Å². The van der Waals surface area contributed by atoms with Crippen LogP contribution in [-0.4, -0.2) is 15.7 Å². The number of hydrogen-bond acceptors (Lipinski definition) is 3. The summed E-state index contributed by atoms with van der Waals surface area (Å²) in [6, 6.07) is 15.7. The first-order valence-electron chi connectivity index (χ1n) is 9.07. The van der Waals surface area contributed by atoms with Crippen LogP contribution >= 0.6 is 0 Å². The SMILES string of the molecule is Cc1ccc(C)c(NC(=O)c2ccn(COc3ccc(C(C)C)cc3)n2)c1. The van der Waals surface area contributed by atoms with Crippen molar-refractivity contribution in [2.24, 2.45) is 0 Å². The minimum atomic E-state index is -0.233. The quantitative estimate of drug-likeness (QED) is 0.677. The number of amides is 1. The van der Waals surface area contributed by atoms with Gasteiger partial charge < -0.3 is 10.1 Å². The van der Waals surface area contributed by atoms with Gasteiger partial charge in [-0.05, 0) is 60.7 Å². The third kappa shape index (κ3) is 4.76. The van der Waals surface area contributed by atoms with Crippen LogP contribution < -0.4 is 10.1 Å². The molecule has 3 rings (SSSR count). The van der Waals surface area contributed by atoms with Crippen molar-refractivity contribution in [2.75, 3.05) is 5.32 Å². The van der Waals surface area contributed by atoms with Crippen molar-refractivity contribution in [3.05, 3.63) is 77.1 Å². The molecule has 0 fully saturated rings. The highest BCUT2D eigenvalue weighted by atomic mass is 16.5. The molecule has 0 aliphatic rings. The summed E-state index contributed by atoms with van der Waals surface area (Å²) in [5.41, 5.74) is 4.54. The Bertz CT molecular complexity index is 927. The van der Waals surface area contributed by atoms with Crippen LogP contribution in [0.25, 0.3) is 0 Å². The molecule has 2 aromatic carbocycles. The van der Waals surface area contributed by atoms with Crippen LogP contribution in [-0.2, 0) is 6.73 Å².